The van der Waals surface area contributed by atoms with Crippen molar-refractivity contribution in [3.05, 3.63) is 0 Å². The summed E-state index contributed by atoms with van der Waals surface area (Å²) in [7, 11) is -0.611. The van der Waals surface area contributed by atoms with Crippen LogP contribution in [-0.2, 0) is 10.8 Å². The summed E-state index contributed by atoms with van der Waals surface area (Å²) in [5, 5.41) is 22.0. The highest BCUT2D eigenvalue weighted by Gasteiger charge is 2.35. The van der Waals surface area contributed by atoms with Crippen LogP contribution in [-0.4, -0.2) is 58.3 Å². The van der Waals surface area contributed by atoms with E-state index in [1.54, 1.807) is 23.1 Å². The van der Waals surface area contributed by atoms with Crippen molar-refractivity contribution in [2.75, 3.05) is 17.9 Å². The Hall–Kier alpha value is 1.66. The van der Waals surface area contributed by atoms with Crippen LogP contribution in [0.2, 0.25) is 0 Å². The highest BCUT2D eigenvalue weighted by Crippen LogP contribution is 2.30. The van der Waals surface area contributed by atoms with Crippen LogP contribution in [0.5, 0.6) is 0 Å². The van der Waals surface area contributed by atoms with Gasteiger partial charge in [-0.25, -0.2) is 4.79 Å². The molecule has 0 aliphatic heterocycles. The Morgan fingerprint density at radius 2 is 1.13 bits per heavy atom. The lowest BCUT2D eigenvalue weighted by atomic mass is 10.6. The van der Waals surface area contributed by atoms with E-state index in [1.165, 1.54) is 0 Å². The Balaban J connectivity index is -0.000000480. The predicted octanol–water partition coefficient (Wildman–Crippen LogP) is 3.08. The summed E-state index contributed by atoms with van der Waals surface area (Å²) in [6.07, 6.45) is -0.305. The molecule has 0 aromatic carbocycles. The lowest BCUT2D eigenvalue weighted by molar-refractivity contribution is 0.120. The summed E-state index contributed by atoms with van der Waals surface area (Å²) in [4.78, 5) is 11.1. The van der Waals surface area contributed by atoms with E-state index < -0.39 is 36.9 Å². The minimum atomic E-state index is -2.12. The van der Waals surface area contributed by atoms with Crippen LogP contribution in [0.1, 0.15) is 0 Å². The molecule has 15 heteroatoms. The molecule has 23 heavy (non-hydrogen) atoms. The zero-order chi connectivity index (χ0) is 19.4. The first kappa shape index (κ1) is 29.4. The third-order valence-electron chi connectivity index (χ3n) is 1.16. The molecule has 0 radical (unpaired) electrons. The first-order chi connectivity index (χ1) is 10.1. The van der Waals surface area contributed by atoms with Gasteiger partial charge in [0.15, 0.2) is 12.5 Å². The Morgan fingerprint density at radius 3 is 1.26 bits per heavy atom. The normalized spacial score (nSPS) is 13.8. The molecule has 0 bridgehead atoms. The van der Waals surface area contributed by atoms with Gasteiger partial charge in [0.2, 0.25) is 7.59 Å². The molecule has 0 heterocycles. The van der Waals surface area contributed by atoms with Crippen LogP contribution in [0.25, 0.3) is 0 Å². The number of halogens is 8. The Morgan fingerprint density at radius 1 is 0.957 bits per heavy atom. The maximum Gasteiger partial charge on any atom is 0.319 e. The van der Waals surface area contributed by atoms with E-state index in [2.05, 4.69) is 0 Å². The smallest absolute Gasteiger partial charge is 0.319 e. The molecule has 0 rings (SSSR count). The fourth-order valence-electron chi connectivity index (χ4n) is 0.454. The van der Waals surface area contributed by atoms with Gasteiger partial charge in [0.1, 0.15) is 0 Å². The molecule has 0 aliphatic rings. The number of carbonyl (C=O) groups is 1. The maximum atomic E-state index is 11.1. The quantitative estimate of drug-likeness (QED) is 0.334. The molecule has 0 aromatic heterocycles. The molecular weight excluding hydrogens is 504 g/mol. The van der Waals surface area contributed by atoms with Crippen LogP contribution < -0.4 is 10.6 Å². The SMILES string of the molecule is CS(C)=O.ClCCl.O=C(NC(O)C(Cl)(Cl)Cl)NC(O)C(Cl)(Cl)Cl. The van der Waals surface area contributed by atoms with Crippen molar-refractivity contribution in [2.45, 2.75) is 20.0 Å². The lowest BCUT2D eigenvalue weighted by Crippen LogP contribution is -2.53. The average Bonchev–Trinajstić information content (AvgIpc) is 2.25. The summed E-state index contributed by atoms with van der Waals surface area (Å²) in [6, 6.07) is -1.09. The minimum Gasteiger partial charge on any atom is -0.369 e. The number of rotatable bonds is 2. The number of hydrogen-bond acceptors (Lipinski definition) is 4. The van der Waals surface area contributed by atoms with Gasteiger partial charge in [-0.2, -0.15) is 0 Å². The number of amides is 2. The van der Waals surface area contributed by atoms with E-state index in [1.807, 2.05) is 0 Å². The topological polar surface area (TPSA) is 98.7 Å². The monoisotopic (exact) mass is 514 g/mol. The molecule has 0 fully saturated rings. The molecule has 6 nitrogen and oxygen atoms in total. The van der Waals surface area contributed by atoms with Gasteiger partial charge in [-0.3, -0.25) is 4.21 Å². The summed E-state index contributed by atoms with van der Waals surface area (Å²) in [5.74, 6) is 0. The average molecular weight is 518 g/mol. The summed E-state index contributed by atoms with van der Waals surface area (Å²) in [6.45, 7) is 0. The molecule has 142 valence electrons. The van der Waals surface area contributed by atoms with Crippen molar-refractivity contribution < 1.29 is 19.2 Å². The fourth-order valence-corrected chi connectivity index (χ4v) is 0.781. The molecule has 0 aromatic rings. The van der Waals surface area contributed by atoms with Gasteiger partial charge >= 0.3 is 6.03 Å². The van der Waals surface area contributed by atoms with Gasteiger partial charge in [-0.05, 0) is 0 Å². The van der Waals surface area contributed by atoms with Gasteiger partial charge in [0, 0.05) is 23.3 Å². The zero-order valence-corrected chi connectivity index (χ0v) is 18.4. The number of carbonyl (C=O) groups excluding carboxylic acids is 1. The number of aliphatic hydroxyl groups is 2. The predicted molar refractivity (Wildman–Crippen MR) is 101 cm³/mol. The molecule has 2 unspecified atom stereocenters. The maximum absolute atomic E-state index is 11.1. The zero-order valence-electron chi connectivity index (χ0n) is 11.5. The van der Waals surface area contributed by atoms with Crippen molar-refractivity contribution in [2.24, 2.45) is 0 Å². The fraction of sp³-hybridized carbons (Fsp3) is 0.875. The Labute approximate surface area is 176 Å². The Bertz CT molecular complexity index is 324. The van der Waals surface area contributed by atoms with Crippen LogP contribution >= 0.6 is 92.8 Å². The largest absolute Gasteiger partial charge is 0.369 e. The number of nitrogens with one attached hydrogen (secondary N) is 2. The van der Waals surface area contributed by atoms with Gasteiger partial charge in [0.25, 0.3) is 0 Å². The van der Waals surface area contributed by atoms with E-state index in [9.17, 15) is 9.00 Å². The van der Waals surface area contributed by atoms with Gasteiger partial charge < -0.3 is 20.8 Å². The summed E-state index contributed by atoms with van der Waals surface area (Å²) in [5.41, 5.74) is 0. The van der Waals surface area contributed by atoms with E-state index >= 15 is 0 Å². The third kappa shape index (κ3) is 23.7. The van der Waals surface area contributed by atoms with Gasteiger partial charge in [0.05, 0.1) is 5.34 Å². The summed E-state index contributed by atoms with van der Waals surface area (Å²) < 4.78 is 5.31. The van der Waals surface area contributed by atoms with E-state index in [0.717, 1.165) is 0 Å². The molecule has 0 saturated carbocycles. The molecule has 0 spiro atoms. The number of hydrogen-bond donors (Lipinski definition) is 4. The number of urea groups is 1. The van der Waals surface area contributed by atoms with Crippen molar-refractivity contribution in [1.29, 1.82) is 0 Å². The first-order valence-corrected chi connectivity index (χ1v) is 10.3. The third-order valence-corrected chi connectivity index (χ3v) is 2.40. The molecule has 0 aliphatic carbocycles. The first-order valence-electron chi connectivity index (χ1n) is 5.03. The van der Waals surface area contributed by atoms with Crippen molar-refractivity contribution in [1.82, 2.24) is 10.6 Å². The second-order valence-electron chi connectivity index (χ2n) is 3.35. The molecule has 0 saturated heterocycles. The van der Waals surface area contributed by atoms with Crippen molar-refractivity contribution in [3.63, 3.8) is 0 Å². The molecule has 2 atom stereocenters. The van der Waals surface area contributed by atoms with E-state index in [4.69, 9.17) is 103 Å². The van der Waals surface area contributed by atoms with Gasteiger partial charge in [-0.15, -0.1) is 23.2 Å². The van der Waals surface area contributed by atoms with Crippen molar-refractivity contribution in [3.8, 4) is 0 Å². The Kier molecular flexibility index (Phi) is 18.9. The highest BCUT2D eigenvalue weighted by molar-refractivity contribution is 7.83. The highest BCUT2D eigenvalue weighted by atomic mass is 35.6. The van der Waals surface area contributed by atoms with Crippen LogP contribution in [0.4, 0.5) is 4.79 Å². The molecule has 2 amide bonds. The second-order valence-corrected chi connectivity index (χ2v) is 10.4. The van der Waals surface area contributed by atoms with Crippen molar-refractivity contribution >= 4 is 110 Å². The lowest BCUT2D eigenvalue weighted by Gasteiger charge is -2.23. The van der Waals surface area contributed by atoms with Crippen LogP contribution in [0, 0.1) is 0 Å². The van der Waals surface area contributed by atoms with Crippen LogP contribution in [0.3, 0.4) is 0 Å². The number of aliphatic hydroxyl groups excluding tert-OH is 2. The summed E-state index contributed by atoms with van der Waals surface area (Å²) >= 11 is 41.0. The van der Waals surface area contributed by atoms with Gasteiger partial charge in [-0.1, -0.05) is 69.6 Å². The minimum absolute atomic E-state index is 0.194. The number of alkyl halides is 8. The van der Waals surface area contributed by atoms with Crippen LogP contribution in [0.15, 0.2) is 0 Å². The van der Waals surface area contributed by atoms with E-state index in [0.29, 0.717) is 0 Å². The second kappa shape index (κ2) is 14.8. The molecule has 4 N–H and O–H groups in total. The van der Waals surface area contributed by atoms with E-state index in [-0.39, 0.29) is 5.34 Å². The standard InChI is InChI=1S/C5H6Cl6N2O3.C2H6OS.CH2Cl2/c6-4(7,8)1(14)12-3(16)13-2(15)5(9,10)11;1-4(2)3;2-1-3/h1-2,14-15H,(H2,12,13,16);1-2H3;1H2. The molecular formula is C8H14Cl8N2O4S.